The molecule has 0 unspecified atom stereocenters. The summed E-state index contributed by atoms with van der Waals surface area (Å²) in [6.45, 7) is 3.38. The maximum absolute atomic E-state index is 11.6. The molecule has 0 saturated heterocycles. The van der Waals surface area contributed by atoms with Crippen LogP contribution in [0.1, 0.15) is 25.0 Å². The Labute approximate surface area is 111 Å². The molecule has 0 aromatic heterocycles. The van der Waals surface area contributed by atoms with Gasteiger partial charge in [0.1, 0.15) is 6.04 Å². The minimum Gasteiger partial charge on any atom is -0.480 e. The summed E-state index contributed by atoms with van der Waals surface area (Å²) in [5.74, 6) is -1.71. The summed E-state index contributed by atoms with van der Waals surface area (Å²) >= 11 is 0. The van der Waals surface area contributed by atoms with Gasteiger partial charge in [-0.1, -0.05) is 32.0 Å². The van der Waals surface area contributed by atoms with E-state index in [4.69, 9.17) is 10.4 Å². The largest absolute Gasteiger partial charge is 0.480 e. The molecule has 100 valence electrons. The molecule has 0 fully saturated rings. The number of hydrogen-bond acceptors (Lipinski definition) is 3. The molecule has 0 spiro atoms. The Hall–Kier alpha value is -2.35. The first-order valence-corrected chi connectivity index (χ1v) is 5.97. The summed E-state index contributed by atoms with van der Waals surface area (Å²) < 4.78 is 0. The van der Waals surface area contributed by atoms with Crippen LogP contribution in [0.25, 0.3) is 0 Å². The van der Waals surface area contributed by atoms with Gasteiger partial charge >= 0.3 is 5.97 Å². The quantitative estimate of drug-likeness (QED) is 0.835. The van der Waals surface area contributed by atoms with Crippen molar-refractivity contribution in [2.24, 2.45) is 5.92 Å². The second kappa shape index (κ2) is 6.55. The van der Waals surface area contributed by atoms with Crippen molar-refractivity contribution in [3.8, 4) is 6.07 Å². The van der Waals surface area contributed by atoms with Gasteiger partial charge in [-0.15, -0.1) is 0 Å². The topological polar surface area (TPSA) is 90.2 Å². The van der Waals surface area contributed by atoms with Crippen LogP contribution in [0.4, 0.5) is 0 Å². The van der Waals surface area contributed by atoms with Crippen molar-refractivity contribution in [3.63, 3.8) is 0 Å². The number of carbonyl (C=O) groups excluding carboxylic acids is 1. The van der Waals surface area contributed by atoms with Gasteiger partial charge in [0, 0.05) is 12.3 Å². The minimum absolute atomic E-state index is 0.0948. The van der Waals surface area contributed by atoms with Gasteiger partial charge in [0.2, 0.25) is 5.91 Å². The SMILES string of the molecule is CC(C)C(=O)N[C@H](Cc1ccccc1C#N)C(=O)O. The first-order chi connectivity index (χ1) is 8.95. The van der Waals surface area contributed by atoms with E-state index < -0.39 is 12.0 Å². The van der Waals surface area contributed by atoms with Crippen molar-refractivity contribution < 1.29 is 14.7 Å². The lowest BCUT2D eigenvalue weighted by atomic mass is 10.0. The van der Waals surface area contributed by atoms with Crippen LogP contribution in [0.2, 0.25) is 0 Å². The molecule has 1 atom stereocenters. The molecule has 0 aliphatic heterocycles. The zero-order valence-corrected chi connectivity index (χ0v) is 10.9. The maximum atomic E-state index is 11.6. The van der Waals surface area contributed by atoms with E-state index in [0.717, 1.165) is 0 Å². The third-order valence-corrected chi connectivity index (χ3v) is 2.70. The number of carboxylic acid groups (broad SMARTS) is 1. The summed E-state index contributed by atoms with van der Waals surface area (Å²) in [5.41, 5.74) is 1.04. The van der Waals surface area contributed by atoms with E-state index in [9.17, 15) is 9.59 Å². The summed E-state index contributed by atoms with van der Waals surface area (Å²) in [4.78, 5) is 22.7. The second-order valence-electron chi connectivity index (χ2n) is 4.53. The van der Waals surface area contributed by atoms with Gasteiger partial charge in [0.05, 0.1) is 11.6 Å². The molecule has 2 N–H and O–H groups in total. The van der Waals surface area contributed by atoms with Crippen molar-refractivity contribution in [3.05, 3.63) is 35.4 Å². The lowest BCUT2D eigenvalue weighted by Gasteiger charge is -2.16. The number of aliphatic carboxylic acids is 1. The van der Waals surface area contributed by atoms with E-state index in [-0.39, 0.29) is 18.2 Å². The molecule has 0 saturated carbocycles. The first-order valence-electron chi connectivity index (χ1n) is 5.97. The minimum atomic E-state index is -1.11. The molecule has 19 heavy (non-hydrogen) atoms. The Morgan fingerprint density at radius 1 is 1.37 bits per heavy atom. The third-order valence-electron chi connectivity index (χ3n) is 2.70. The fourth-order valence-corrected chi connectivity index (χ4v) is 1.57. The standard InChI is InChI=1S/C14H16N2O3/c1-9(2)13(17)16-12(14(18)19)7-10-5-3-4-6-11(10)8-15/h3-6,9,12H,7H2,1-2H3,(H,16,17)(H,18,19)/t12-/m1/s1. The molecule has 1 aromatic carbocycles. The van der Waals surface area contributed by atoms with Crippen molar-refractivity contribution in [2.45, 2.75) is 26.3 Å². The average molecular weight is 260 g/mol. The first kappa shape index (κ1) is 14.7. The fourth-order valence-electron chi connectivity index (χ4n) is 1.57. The monoisotopic (exact) mass is 260 g/mol. The highest BCUT2D eigenvalue weighted by Crippen LogP contribution is 2.10. The molecule has 1 amide bonds. The number of benzene rings is 1. The maximum Gasteiger partial charge on any atom is 0.326 e. The number of nitrogens with zero attached hydrogens (tertiary/aromatic N) is 1. The van der Waals surface area contributed by atoms with Gasteiger partial charge in [0.25, 0.3) is 0 Å². The molecule has 0 aliphatic carbocycles. The van der Waals surface area contributed by atoms with Crippen LogP contribution in [0.15, 0.2) is 24.3 Å². The predicted octanol–water partition coefficient (Wildman–Crippen LogP) is 1.33. The Balaban J connectivity index is 2.88. The predicted molar refractivity (Wildman–Crippen MR) is 69.3 cm³/mol. The smallest absolute Gasteiger partial charge is 0.326 e. The van der Waals surface area contributed by atoms with E-state index in [2.05, 4.69) is 5.32 Å². The van der Waals surface area contributed by atoms with Crippen molar-refractivity contribution >= 4 is 11.9 Å². The van der Waals surface area contributed by atoms with E-state index in [0.29, 0.717) is 11.1 Å². The van der Waals surface area contributed by atoms with Gasteiger partial charge in [-0.3, -0.25) is 4.79 Å². The highest BCUT2D eigenvalue weighted by atomic mass is 16.4. The van der Waals surface area contributed by atoms with Crippen LogP contribution in [0.3, 0.4) is 0 Å². The highest BCUT2D eigenvalue weighted by Gasteiger charge is 2.22. The average Bonchev–Trinajstić information content (AvgIpc) is 2.38. The number of nitriles is 1. The molecule has 0 bridgehead atoms. The van der Waals surface area contributed by atoms with Crippen LogP contribution >= 0.6 is 0 Å². The van der Waals surface area contributed by atoms with Gasteiger partial charge < -0.3 is 10.4 Å². The van der Waals surface area contributed by atoms with E-state index in [1.54, 1.807) is 38.1 Å². The van der Waals surface area contributed by atoms with Crippen molar-refractivity contribution in [1.82, 2.24) is 5.32 Å². The molecule has 0 aliphatic rings. The Morgan fingerprint density at radius 3 is 2.53 bits per heavy atom. The molecular formula is C14H16N2O3. The van der Waals surface area contributed by atoms with Gasteiger partial charge in [0.15, 0.2) is 0 Å². The van der Waals surface area contributed by atoms with E-state index in [1.165, 1.54) is 0 Å². The van der Waals surface area contributed by atoms with Gasteiger partial charge in [-0.2, -0.15) is 5.26 Å². The molecule has 1 aromatic rings. The molecule has 0 radical (unpaired) electrons. The van der Waals surface area contributed by atoms with E-state index >= 15 is 0 Å². The molecule has 5 heteroatoms. The van der Waals surface area contributed by atoms with Crippen LogP contribution in [0.5, 0.6) is 0 Å². The summed E-state index contributed by atoms with van der Waals surface area (Å²) in [7, 11) is 0. The van der Waals surface area contributed by atoms with Gasteiger partial charge in [-0.25, -0.2) is 4.79 Å². The number of hydrogen-bond donors (Lipinski definition) is 2. The number of carbonyl (C=O) groups is 2. The summed E-state index contributed by atoms with van der Waals surface area (Å²) in [5, 5.41) is 20.6. The fraction of sp³-hybridized carbons (Fsp3) is 0.357. The normalized spacial score (nSPS) is 11.7. The zero-order valence-electron chi connectivity index (χ0n) is 10.9. The van der Waals surface area contributed by atoms with Gasteiger partial charge in [-0.05, 0) is 11.6 Å². The number of carboxylic acids is 1. The van der Waals surface area contributed by atoms with Crippen molar-refractivity contribution in [1.29, 1.82) is 5.26 Å². The third kappa shape index (κ3) is 4.11. The van der Waals surface area contributed by atoms with Crippen LogP contribution < -0.4 is 5.32 Å². The molecule has 5 nitrogen and oxygen atoms in total. The Kier molecular flexibility index (Phi) is 5.07. The lowest BCUT2D eigenvalue weighted by molar-refractivity contribution is -0.142. The van der Waals surface area contributed by atoms with Crippen molar-refractivity contribution in [2.75, 3.05) is 0 Å². The number of rotatable bonds is 5. The Morgan fingerprint density at radius 2 is 2.00 bits per heavy atom. The summed E-state index contributed by atoms with van der Waals surface area (Å²) in [6.07, 6.45) is 0.0948. The molecule has 1 rings (SSSR count). The van der Waals surface area contributed by atoms with Crippen LogP contribution in [-0.4, -0.2) is 23.0 Å². The summed E-state index contributed by atoms with van der Waals surface area (Å²) in [6, 6.07) is 7.75. The molecule has 0 heterocycles. The van der Waals surface area contributed by atoms with Crippen LogP contribution in [-0.2, 0) is 16.0 Å². The van der Waals surface area contributed by atoms with Crippen LogP contribution in [0, 0.1) is 17.2 Å². The van der Waals surface area contributed by atoms with E-state index in [1.807, 2.05) is 6.07 Å². The highest BCUT2D eigenvalue weighted by molar-refractivity contribution is 5.84. The number of nitrogens with one attached hydrogen (secondary N) is 1. The second-order valence-corrected chi connectivity index (χ2v) is 4.53. The Bertz CT molecular complexity index is 518. The molecular weight excluding hydrogens is 244 g/mol. The lowest BCUT2D eigenvalue weighted by Crippen LogP contribution is -2.44. The number of amides is 1. The zero-order chi connectivity index (χ0) is 14.4.